The highest BCUT2D eigenvalue weighted by Crippen LogP contribution is 2.34. The molecule has 4 rings (SSSR count). The molecule has 1 aliphatic heterocycles. The van der Waals surface area contributed by atoms with Gasteiger partial charge in [-0.15, -0.1) is 11.3 Å². The van der Waals surface area contributed by atoms with Gasteiger partial charge in [-0.1, -0.05) is 25.3 Å². The molecule has 30 heavy (non-hydrogen) atoms. The van der Waals surface area contributed by atoms with Crippen molar-refractivity contribution in [3.8, 4) is 0 Å². The van der Waals surface area contributed by atoms with Gasteiger partial charge in [0.05, 0.1) is 6.61 Å². The standard InChI is InChI=1S/C23H32N4O2S/c1-16-14-24-23(30-16)26-21-9-5-8-20(25-21)19(15-28)17-10-12-27(13-11-17)22(29)18-6-3-2-4-7-18/h5,8-9,14,17-19,28H,2-4,6-7,10-13,15H2,1H3,(H,24,25,26). The average Bonchev–Trinajstić information content (AvgIpc) is 3.19. The second-order valence-corrected chi connectivity index (χ2v) is 9.87. The highest BCUT2D eigenvalue weighted by Gasteiger charge is 2.32. The van der Waals surface area contributed by atoms with Crippen LogP contribution in [-0.4, -0.2) is 45.6 Å². The number of pyridine rings is 1. The minimum atomic E-state index is -0.00304. The lowest BCUT2D eigenvalue weighted by atomic mass is 9.81. The third-order valence-corrected chi connectivity index (χ3v) is 7.41. The van der Waals surface area contributed by atoms with E-state index in [1.54, 1.807) is 11.3 Å². The Bertz CT molecular complexity index is 841. The molecule has 6 nitrogen and oxygen atoms in total. The van der Waals surface area contributed by atoms with E-state index in [-0.39, 0.29) is 18.4 Å². The van der Waals surface area contributed by atoms with Crippen LogP contribution >= 0.6 is 11.3 Å². The Morgan fingerprint density at radius 1 is 1.23 bits per heavy atom. The Kier molecular flexibility index (Phi) is 7.00. The molecular formula is C23H32N4O2S. The molecule has 0 aromatic carbocycles. The molecule has 1 unspecified atom stereocenters. The van der Waals surface area contributed by atoms with Crippen LogP contribution in [0.1, 0.15) is 61.4 Å². The number of likely N-dealkylation sites (tertiary alicyclic amines) is 1. The number of aliphatic hydroxyl groups excluding tert-OH is 1. The summed E-state index contributed by atoms with van der Waals surface area (Å²) < 4.78 is 0. The van der Waals surface area contributed by atoms with E-state index in [4.69, 9.17) is 4.98 Å². The van der Waals surface area contributed by atoms with Crippen molar-refractivity contribution in [1.29, 1.82) is 0 Å². The molecule has 2 aromatic rings. The summed E-state index contributed by atoms with van der Waals surface area (Å²) in [4.78, 5) is 25.2. The van der Waals surface area contributed by atoms with Crippen LogP contribution in [0.2, 0.25) is 0 Å². The van der Waals surface area contributed by atoms with Crippen molar-refractivity contribution >= 4 is 28.2 Å². The number of carbonyl (C=O) groups is 1. The smallest absolute Gasteiger partial charge is 0.225 e. The lowest BCUT2D eigenvalue weighted by Crippen LogP contribution is -2.43. The first-order valence-corrected chi connectivity index (χ1v) is 12.0. The molecule has 3 heterocycles. The molecule has 162 valence electrons. The number of thiazole rings is 1. The maximum absolute atomic E-state index is 12.8. The number of aromatic nitrogens is 2. The van der Waals surface area contributed by atoms with Gasteiger partial charge < -0.3 is 15.3 Å². The molecule has 0 bridgehead atoms. The van der Waals surface area contributed by atoms with Gasteiger partial charge in [0.2, 0.25) is 5.91 Å². The summed E-state index contributed by atoms with van der Waals surface area (Å²) in [6, 6.07) is 5.91. The first kappa shape index (κ1) is 21.2. The Morgan fingerprint density at radius 2 is 2.00 bits per heavy atom. The lowest BCUT2D eigenvalue weighted by molar-refractivity contribution is -0.138. The first-order valence-electron chi connectivity index (χ1n) is 11.2. The molecule has 7 heteroatoms. The SMILES string of the molecule is Cc1cnc(Nc2cccc(C(CO)C3CCN(C(=O)C4CCCCC4)CC3)n2)s1. The fourth-order valence-corrected chi connectivity index (χ4v) is 5.54. The topological polar surface area (TPSA) is 78.4 Å². The number of nitrogens with one attached hydrogen (secondary N) is 1. The number of hydrogen-bond donors (Lipinski definition) is 2. The van der Waals surface area contributed by atoms with E-state index in [1.807, 2.05) is 31.3 Å². The second-order valence-electron chi connectivity index (χ2n) is 8.64. The summed E-state index contributed by atoms with van der Waals surface area (Å²) in [5, 5.41) is 14.2. The number of amides is 1. The van der Waals surface area contributed by atoms with Crippen LogP contribution in [0.15, 0.2) is 24.4 Å². The van der Waals surface area contributed by atoms with Crippen LogP contribution < -0.4 is 5.32 Å². The van der Waals surface area contributed by atoms with Crippen LogP contribution in [0.25, 0.3) is 0 Å². The van der Waals surface area contributed by atoms with Crippen LogP contribution in [-0.2, 0) is 4.79 Å². The Balaban J connectivity index is 1.37. The molecule has 1 saturated carbocycles. The monoisotopic (exact) mass is 428 g/mol. The molecule has 1 aliphatic carbocycles. The van der Waals surface area contributed by atoms with Crippen LogP contribution in [0.4, 0.5) is 10.9 Å². The van der Waals surface area contributed by atoms with Crippen LogP contribution in [0.5, 0.6) is 0 Å². The maximum Gasteiger partial charge on any atom is 0.225 e. The predicted octanol–water partition coefficient (Wildman–Crippen LogP) is 4.48. The summed E-state index contributed by atoms with van der Waals surface area (Å²) >= 11 is 1.60. The molecular weight excluding hydrogens is 396 g/mol. The van der Waals surface area contributed by atoms with E-state index >= 15 is 0 Å². The number of carbonyl (C=O) groups excluding carboxylic acids is 1. The summed E-state index contributed by atoms with van der Waals surface area (Å²) in [6.45, 7) is 3.70. The second kappa shape index (κ2) is 9.88. The minimum absolute atomic E-state index is 0.00304. The minimum Gasteiger partial charge on any atom is -0.396 e. The number of nitrogens with zero attached hydrogens (tertiary/aromatic N) is 3. The van der Waals surface area contributed by atoms with Gasteiger partial charge >= 0.3 is 0 Å². The van der Waals surface area contributed by atoms with Crippen LogP contribution in [0, 0.1) is 18.8 Å². The largest absolute Gasteiger partial charge is 0.396 e. The maximum atomic E-state index is 12.8. The molecule has 2 N–H and O–H groups in total. The van der Waals surface area contributed by atoms with Gasteiger partial charge in [0, 0.05) is 41.7 Å². The molecule has 0 radical (unpaired) electrons. The molecule has 1 saturated heterocycles. The molecule has 1 amide bonds. The van der Waals surface area contributed by atoms with E-state index in [0.29, 0.717) is 11.8 Å². The predicted molar refractivity (Wildman–Crippen MR) is 120 cm³/mol. The van der Waals surface area contributed by atoms with Gasteiger partial charge in [-0.2, -0.15) is 0 Å². The molecule has 1 atom stereocenters. The average molecular weight is 429 g/mol. The van der Waals surface area contributed by atoms with E-state index in [0.717, 1.165) is 60.3 Å². The first-order chi connectivity index (χ1) is 14.6. The summed E-state index contributed by atoms with van der Waals surface area (Å²) in [7, 11) is 0. The van der Waals surface area contributed by atoms with Gasteiger partial charge in [0.1, 0.15) is 5.82 Å². The number of aliphatic hydroxyl groups is 1. The van der Waals surface area contributed by atoms with Crippen molar-refractivity contribution in [2.75, 3.05) is 25.0 Å². The summed E-state index contributed by atoms with van der Waals surface area (Å²) in [5.41, 5.74) is 0.910. The Hall–Kier alpha value is -1.99. The third-order valence-electron chi connectivity index (χ3n) is 6.58. The van der Waals surface area contributed by atoms with Crippen molar-refractivity contribution in [3.05, 3.63) is 35.0 Å². The van der Waals surface area contributed by atoms with E-state index in [1.165, 1.54) is 19.3 Å². The molecule has 2 aromatic heterocycles. The van der Waals surface area contributed by atoms with Crippen molar-refractivity contribution in [2.24, 2.45) is 11.8 Å². The highest BCUT2D eigenvalue weighted by molar-refractivity contribution is 7.15. The number of rotatable bonds is 6. The number of piperidine rings is 1. The highest BCUT2D eigenvalue weighted by atomic mass is 32.1. The van der Waals surface area contributed by atoms with E-state index < -0.39 is 0 Å². The van der Waals surface area contributed by atoms with Gasteiger partial charge in [-0.3, -0.25) is 4.79 Å². The fraction of sp³-hybridized carbons (Fsp3) is 0.609. The summed E-state index contributed by atoms with van der Waals surface area (Å²) in [6.07, 6.45) is 9.46. The van der Waals surface area contributed by atoms with Gasteiger partial charge in [-0.05, 0) is 50.7 Å². The lowest BCUT2D eigenvalue weighted by Gasteiger charge is -2.37. The number of anilines is 2. The Morgan fingerprint density at radius 3 is 2.67 bits per heavy atom. The van der Waals surface area contributed by atoms with Gasteiger partial charge in [-0.25, -0.2) is 9.97 Å². The molecule has 2 fully saturated rings. The number of hydrogen-bond acceptors (Lipinski definition) is 6. The normalized spacial score (nSPS) is 19.6. The van der Waals surface area contributed by atoms with Crippen molar-refractivity contribution in [2.45, 2.75) is 57.8 Å². The Labute approximate surface area is 182 Å². The van der Waals surface area contributed by atoms with Crippen molar-refractivity contribution in [3.63, 3.8) is 0 Å². The zero-order chi connectivity index (χ0) is 20.9. The van der Waals surface area contributed by atoms with Gasteiger partial charge in [0.15, 0.2) is 5.13 Å². The fourth-order valence-electron chi connectivity index (χ4n) is 4.86. The summed E-state index contributed by atoms with van der Waals surface area (Å²) in [5.74, 6) is 1.69. The van der Waals surface area contributed by atoms with Crippen molar-refractivity contribution < 1.29 is 9.90 Å². The van der Waals surface area contributed by atoms with Gasteiger partial charge in [0.25, 0.3) is 0 Å². The van der Waals surface area contributed by atoms with Crippen molar-refractivity contribution in [1.82, 2.24) is 14.9 Å². The van der Waals surface area contributed by atoms with E-state index in [2.05, 4.69) is 15.2 Å². The molecule has 2 aliphatic rings. The van der Waals surface area contributed by atoms with Crippen LogP contribution in [0.3, 0.4) is 0 Å². The zero-order valence-corrected chi connectivity index (χ0v) is 18.5. The molecule has 0 spiro atoms. The quantitative estimate of drug-likeness (QED) is 0.709. The number of aryl methyl sites for hydroxylation is 1. The zero-order valence-electron chi connectivity index (χ0n) is 17.7. The third kappa shape index (κ3) is 5.01. The van der Waals surface area contributed by atoms with E-state index in [9.17, 15) is 9.90 Å².